The molecule has 22 heavy (non-hydrogen) atoms. The van der Waals surface area contributed by atoms with Gasteiger partial charge in [0.25, 0.3) is 0 Å². The van der Waals surface area contributed by atoms with Crippen LogP contribution in [-0.4, -0.2) is 23.0 Å². The van der Waals surface area contributed by atoms with Crippen LogP contribution in [0, 0.1) is 6.92 Å². The number of rotatable bonds is 2. The summed E-state index contributed by atoms with van der Waals surface area (Å²) in [5, 5.41) is 0.0479. The average Bonchev–Trinajstić information content (AvgIpc) is 2.92. The number of methoxy groups -OCH3 is 1. The van der Waals surface area contributed by atoms with Crippen LogP contribution in [0.2, 0.25) is 5.02 Å². The summed E-state index contributed by atoms with van der Waals surface area (Å²) in [6.07, 6.45) is 0.795. The van der Waals surface area contributed by atoms with Gasteiger partial charge in [0.1, 0.15) is 16.7 Å². The van der Waals surface area contributed by atoms with E-state index in [9.17, 15) is 4.79 Å². The lowest BCUT2D eigenvalue weighted by molar-refractivity contribution is 0.0593. The van der Waals surface area contributed by atoms with E-state index < -0.39 is 5.97 Å². The maximum Gasteiger partial charge on any atom is 0.358 e. The van der Waals surface area contributed by atoms with Gasteiger partial charge in [-0.25, -0.2) is 14.8 Å². The van der Waals surface area contributed by atoms with E-state index in [0.717, 1.165) is 6.42 Å². The number of aryl methyl sites for hydroxylation is 1. The Hall–Kier alpha value is -1.79. The minimum atomic E-state index is -0.614. The Morgan fingerprint density at radius 1 is 1.45 bits per heavy atom. The lowest BCUT2D eigenvalue weighted by atomic mass is 10.1. The zero-order chi connectivity index (χ0) is 15.9. The van der Waals surface area contributed by atoms with Gasteiger partial charge in [-0.3, -0.25) is 0 Å². The van der Waals surface area contributed by atoms with Gasteiger partial charge in [-0.15, -0.1) is 11.8 Å². The first-order valence-electron chi connectivity index (χ1n) is 6.67. The molecule has 7 heteroatoms. The van der Waals surface area contributed by atoms with Crippen LogP contribution in [-0.2, 0) is 11.2 Å². The Morgan fingerprint density at radius 3 is 2.95 bits per heavy atom. The van der Waals surface area contributed by atoms with Crippen molar-refractivity contribution in [3.05, 3.63) is 45.9 Å². The predicted molar refractivity (Wildman–Crippen MR) is 86.3 cm³/mol. The average molecular weight is 336 g/mol. The van der Waals surface area contributed by atoms with Crippen LogP contribution >= 0.6 is 23.4 Å². The number of thioether (sulfide) groups is 1. The number of benzene rings is 1. The SMILES string of the molecule is COC(=O)c1nc(C2Cc3cc(C)ccc3S2)nc(N)c1Cl. The second-order valence-electron chi connectivity index (χ2n) is 5.04. The van der Waals surface area contributed by atoms with Gasteiger partial charge >= 0.3 is 5.97 Å². The van der Waals surface area contributed by atoms with Crippen LogP contribution in [0.1, 0.15) is 32.7 Å². The summed E-state index contributed by atoms with van der Waals surface area (Å²) >= 11 is 7.66. The molecule has 1 aromatic heterocycles. The van der Waals surface area contributed by atoms with Crippen molar-refractivity contribution >= 4 is 35.1 Å². The van der Waals surface area contributed by atoms with Crippen molar-refractivity contribution in [1.29, 1.82) is 0 Å². The van der Waals surface area contributed by atoms with Gasteiger partial charge in [-0.05, 0) is 25.0 Å². The number of esters is 1. The van der Waals surface area contributed by atoms with Crippen molar-refractivity contribution in [3.63, 3.8) is 0 Å². The molecule has 0 fully saturated rings. The molecule has 2 N–H and O–H groups in total. The number of ether oxygens (including phenoxy) is 1. The number of nitrogens with zero attached hydrogens (tertiary/aromatic N) is 2. The second-order valence-corrected chi connectivity index (χ2v) is 6.67. The first kappa shape index (κ1) is 15.1. The normalized spacial score (nSPS) is 16.4. The summed E-state index contributed by atoms with van der Waals surface area (Å²) < 4.78 is 4.69. The van der Waals surface area contributed by atoms with E-state index >= 15 is 0 Å². The maximum absolute atomic E-state index is 11.8. The third-order valence-electron chi connectivity index (χ3n) is 3.45. The second kappa shape index (κ2) is 5.78. The molecule has 1 unspecified atom stereocenters. The molecule has 0 saturated heterocycles. The fourth-order valence-electron chi connectivity index (χ4n) is 2.38. The minimum absolute atomic E-state index is 0.0133. The van der Waals surface area contributed by atoms with Gasteiger partial charge in [0.15, 0.2) is 5.69 Å². The quantitative estimate of drug-likeness (QED) is 0.849. The largest absolute Gasteiger partial charge is 0.464 e. The number of nitrogen functional groups attached to an aromatic ring is 1. The molecular weight excluding hydrogens is 322 g/mol. The summed E-state index contributed by atoms with van der Waals surface area (Å²) in [4.78, 5) is 21.5. The summed E-state index contributed by atoms with van der Waals surface area (Å²) in [7, 11) is 1.28. The lowest BCUT2D eigenvalue weighted by Gasteiger charge is -2.11. The highest BCUT2D eigenvalue weighted by molar-refractivity contribution is 7.99. The van der Waals surface area contributed by atoms with Crippen LogP contribution in [0.5, 0.6) is 0 Å². The Morgan fingerprint density at radius 2 is 2.23 bits per heavy atom. The smallest absolute Gasteiger partial charge is 0.358 e. The van der Waals surface area contributed by atoms with Gasteiger partial charge in [-0.1, -0.05) is 29.3 Å². The highest BCUT2D eigenvalue weighted by Gasteiger charge is 2.28. The molecule has 0 aliphatic carbocycles. The number of carbonyl (C=O) groups is 1. The number of hydrogen-bond donors (Lipinski definition) is 1. The summed E-state index contributed by atoms with van der Waals surface area (Å²) in [5.41, 5.74) is 8.29. The van der Waals surface area contributed by atoms with Crippen LogP contribution in [0.15, 0.2) is 23.1 Å². The van der Waals surface area contributed by atoms with E-state index in [2.05, 4.69) is 35.1 Å². The molecule has 1 aromatic carbocycles. The molecule has 114 valence electrons. The van der Waals surface area contributed by atoms with E-state index in [1.807, 2.05) is 0 Å². The molecular formula is C15H14ClN3O2S. The number of aromatic nitrogens is 2. The van der Waals surface area contributed by atoms with Crippen LogP contribution in [0.4, 0.5) is 5.82 Å². The van der Waals surface area contributed by atoms with Crippen molar-refractivity contribution in [1.82, 2.24) is 9.97 Å². The number of nitrogens with two attached hydrogens (primary N) is 1. The summed E-state index contributed by atoms with van der Waals surface area (Å²) in [6.45, 7) is 2.06. The van der Waals surface area contributed by atoms with E-state index in [1.54, 1.807) is 11.8 Å². The highest BCUT2D eigenvalue weighted by Crippen LogP contribution is 2.46. The van der Waals surface area contributed by atoms with Crippen LogP contribution in [0.25, 0.3) is 0 Å². The van der Waals surface area contributed by atoms with Crippen LogP contribution in [0.3, 0.4) is 0 Å². The Kier molecular flexibility index (Phi) is 3.97. The standard InChI is InChI=1S/C15H14ClN3O2S/c1-7-3-4-9-8(5-7)6-10(22-9)14-18-12(15(20)21-2)11(16)13(17)19-14/h3-5,10H,6H2,1-2H3,(H2,17,18,19). The van der Waals surface area contributed by atoms with Gasteiger partial charge in [0, 0.05) is 4.90 Å². The monoisotopic (exact) mass is 335 g/mol. The number of anilines is 1. The first-order valence-corrected chi connectivity index (χ1v) is 7.92. The van der Waals surface area contributed by atoms with Gasteiger partial charge in [0.05, 0.1) is 12.4 Å². The Labute approximate surface area is 137 Å². The minimum Gasteiger partial charge on any atom is -0.464 e. The maximum atomic E-state index is 11.8. The zero-order valence-electron chi connectivity index (χ0n) is 12.1. The zero-order valence-corrected chi connectivity index (χ0v) is 13.7. The number of carbonyl (C=O) groups excluding carboxylic acids is 1. The molecule has 1 atom stereocenters. The van der Waals surface area contributed by atoms with Crippen molar-refractivity contribution in [2.75, 3.05) is 12.8 Å². The fraction of sp³-hybridized carbons (Fsp3) is 0.267. The highest BCUT2D eigenvalue weighted by atomic mass is 35.5. The summed E-state index contributed by atoms with van der Waals surface area (Å²) in [5.74, 6) is -0.0161. The molecule has 0 bridgehead atoms. The van der Waals surface area contributed by atoms with Gasteiger partial charge in [-0.2, -0.15) is 0 Å². The Bertz CT molecular complexity index is 767. The van der Waals surface area contributed by atoms with E-state index in [-0.39, 0.29) is 21.8 Å². The molecule has 1 aliphatic rings. The third-order valence-corrected chi connectivity index (χ3v) is 5.14. The molecule has 2 heterocycles. The molecule has 0 radical (unpaired) electrons. The molecule has 1 aliphatic heterocycles. The van der Waals surface area contributed by atoms with Crippen LogP contribution < -0.4 is 5.73 Å². The topological polar surface area (TPSA) is 78.1 Å². The third kappa shape index (κ3) is 2.64. The number of fused-ring (bicyclic) bond motifs is 1. The fourth-order valence-corrected chi connectivity index (χ4v) is 3.76. The van der Waals surface area contributed by atoms with E-state index in [4.69, 9.17) is 22.1 Å². The molecule has 5 nitrogen and oxygen atoms in total. The number of hydrogen-bond acceptors (Lipinski definition) is 6. The van der Waals surface area contributed by atoms with E-state index in [1.165, 1.54) is 23.1 Å². The molecule has 0 amide bonds. The lowest BCUT2D eigenvalue weighted by Crippen LogP contribution is -2.13. The molecule has 3 rings (SSSR count). The van der Waals surface area contributed by atoms with Gasteiger partial charge in [0.2, 0.25) is 0 Å². The number of halogens is 1. The van der Waals surface area contributed by atoms with Crippen molar-refractivity contribution in [3.8, 4) is 0 Å². The molecule has 0 saturated carbocycles. The first-order chi connectivity index (χ1) is 10.5. The Balaban J connectivity index is 1.97. The predicted octanol–water partition coefficient (Wildman–Crippen LogP) is 3.20. The molecule has 0 spiro atoms. The molecule has 2 aromatic rings. The van der Waals surface area contributed by atoms with E-state index in [0.29, 0.717) is 5.82 Å². The summed E-state index contributed by atoms with van der Waals surface area (Å²) in [6, 6.07) is 6.32. The van der Waals surface area contributed by atoms with Crippen molar-refractivity contribution < 1.29 is 9.53 Å². The van der Waals surface area contributed by atoms with Gasteiger partial charge < -0.3 is 10.5 Å². The van der Waals surface area contributed by atoms with Crippen molar-refractivity contribution in [2.45, 2.75) is 23.5 Å². The van der Waals surface area contributed by atoms with Crippen molar-refractivity contribution in [2.24, 2.45) is 0 Å².